The van der Waals surface area contributed by atoms with Crippen LogP contribution in [0.25, 0.3) is 0 Å². The van der Waals surface area contributed by atoms with Gasteiger partial charge in [-0.05, 0) is 11.1 Å². The summed E-state index contributed by atoms with van der Waals surface area (Å²) in [4.78, 5) is 10.7. The van der Waals surface area contributed by atoms with Gasteiger partial charge in [0.15, 0.2) is 6.10 Å². The predicted molar refractivity (Wildman–Crippen MR) is 59.1 cm³/mol. The van der Waals surface area contributed by atoms with Crippen LogP contribution in [0.5, 0.6) is 0 Å². The minimum absolute atomic E-state index is 0.403. The number of hydrogen-bond acceptors (Lipinski definition) is 3. The first-order valence-electron chi connectivity index (χ1n) is 4.77. The van der Waals surface area contributed by atoms with Crippen molar-refractivity contribution in [2.24, 2.45) is 0 Å². The quantitative estimate of drug-likeness (QED) is 0.819. The molecule has 0 spiro atoms. The van der Waals surface area contributed by atoms with Gasteiger partial charge in [0.05, 0.1) is 0 Å². The molecule has 0 bridgehead atoms. The first-order valence-corrected chi connectivity index (χ1v) is 5.93. The Kier molecular flexibility index (Phi) is 2.98. The number of rotatable bonds is 3. The number of carbonyl (C=O) groups is 1. The highest BCUT2D eigenvalue weighted by molar-refractivity contribution is 8.00. The van der Waals surface area contributed by atoms with Crippen LogP contribution in [-0.2, 0) is 4.79 Å². The summed E-state index contributed by atoms with van der Waals surface area (Å²) in [5, 5.41) is 18.3. The third-order valence-electron chi connectivity index (χ3n) is 2.60. The molecule has 0 aromatic heterocycles. The minimum Gasteiger partial charge on any atom is -0.479 e. The molecule has 1 fully saturated rings. The number of carboxylic acids is 1. The standard InChI is InChI=1S/C11H12O3S/c12-10(11(13)14)9-4-2-1-3-8(9)7-5-15-6-7/h1-4,7,10,12H,5-6H2,(H,13,14). The predicted octanol–water partition coefficient (Wildman–Crippen LogP) is 1.64. The molecule has 0 amide bonds. The van der Waals surface area contributed by atoms with Gasteiger partial charge in [-0.15, -0.1) is 0 Å². The van der Waals surface area contributed by atoms with E-state index in [0.717, 1.165) is 17.1 Å². The normalized spacial score (nSPS) is 18.2. The highest BCUT2D eigenvalue weighted by Gasteiger charge is 2.27. The second kappa shape index (κ2) is 4.24. The fourth-order valence-electron chi connectivity index (χ4n) is 1.68. The van der Waals surface area contributed by atoms with Crippen LogP contribution in [0.3, 0.4) is 0 Å². The molecule has 2 N–H and O–H groups in total. The number of benzene rings is 1. The fraction of sp³-hybridized carbons (Fsp3) is 0.364. The number of carboxylic acid groups (broad SMARTS) is 1. The molecule has 1 unspecified atom stereocenters. The molecular formula is C11H12O3S. The first kappa shape index (κ1) is 10.5. The smallest absolute Gasteiger partial charge is 0.337 e. The molecule has 1 aliphatic rings. The van der Waals surface area contributed by atoms with Gasteiger partial charge >= 0.3 is 5.97 Å². The van der Waals surface area contributed by atoms with Crippen LogP contribution in [0, 0.1) is 0 Å². The minimum atomic E-state index is -1.40. The van der Waals surface area contributed by atoms with Crippen LogP contribution in [0.1, 0.15) is 23.1 Å². The van der Waals surface area contributed by atoms with Crippen molar-refractivity contribution in [1.82, 2.24) is 0 Å². The third kappa shape index (κ3) is 2.01. The molecule has 1 aromatic carbocycles. The van der Waals surface area contributed by atoms with Gasteiger partial charge in [0.1, 0.15) is 0 Å². The van der Waals surface area contributed by atoms with E-state index in [1.807, 2.05) is 23.9 Å². The largest absolute Gasteiger partial charge is 0.479 e. The molecule has 3 nitrogen and oxygen atoms in total. The average Bonchev–Trinajstić information content (AvgIpc) is 2.15. The molecule has 1 heterocycles. The number of hydrogen-bond donors (Lipinski definition) is 2. The van der Waals surface area contributed by atoms with Crippen LogP contribution >= 0.6 is 11.8 Å². The maximum atomic E-state index is 10.7. The van der Waals surface area contributed by atoms with E-state index in [1.54, 1.807) is 12.1 Å². The van der Waals surface area contributed by atoms with Gasteiger partial charge < -0.3 is 10.2 Å². The third-order valence-corrected chi connectivity index (χ3v) is 3.88. The van der Waals surface area contributed by atoms with Gasteiger partial charge in [-0.25, -0.2) is 4.79 Å². The van der Waals surface area contributed by atoms with Crippen LogP contribution in [-0.4, -0.2) is 27.7 Å². The van der Waals surface area contributed by atoms with Crippen molar-refractivity contribution in [1.29, 1.82) is 0 Å². The van der Waals surface area contributed by atoms with E-state index < -0.39 is 12.1 Å². The number of aliphatic hydroxyl groups is 1. The van der Waals surface area contributed by atoms with Crippen molar-refractivity contribution in [3.8, 4) is 0 Å². The van der Waals surface area contributed by atoms with Crippen LogP contribution in [0.15, 0.2) is 24.3 Å². The summed E-state index contributed by atoms with van der Waals surface area (Å²) >= 11 is 1.84. The van der Waals surface area contributed by atoms with Crippen molar-refractivity contribution >= 4 is 17.7 Å². The van der Waals surface area contributed by atoms with E-state index in [2.05, 4.69) is 0 Å². The lowest BCUT2D eigenvalue weighted by Crippen LogP contribution is -2.20. The first-order chi connectivity index (χ1) is 7.20. The van der Waals surface area contributed by atoms with Gasteiger partial charge in [-0.2, -0.15) is 11.8 Å². The Morgan fingerprint density at radius 2 is 2.07 bits per heavy atom. The van der Waals surface area contributed by atoms with E-state index in [-0.39, 0.29) is 0 Å². The lowest BCUT2D eigenvalue weighted by Gasteiger charge is -2.28. The fourth-order valence-corrected chi connectivity index (χ4v) is 2.51. The van der Waals surface area contributed by atoms with E-state index in [1.165, 1.54) is 0 Å². The summed E-state index contributed by atoms with van der Waals surface area (Å²) in [5.74, 6) is 1.25. The number of aliphatic hydroxyl groups excluding tert-OH is 1. The monoisotopic (exact) mass is 224 g/mol. The Morgan fingerprint density at radius 3 is 2.60 bits per heavy atom. The van der Waals surface area contributed by atoms with E-state index in [4.69, 9.17) is 5.11 Å². The molecule has 15 heavy (non-hydrogen) atoms. The SMILES string of the molecule is O=C(O)C(O)c1ccccc1C1CSC1. The molecule has 1 aromatic rings. The van der Waals surface area contributed by atoms with Gasteiger partial charge in [-0.1, -0.05) is 24.3 Å². The van der Waals surface area contributed by atoms with Crippen LogP contribution in [0.4, 0.5) is 0 Å². The zero-order valence-electron chi connectivity index (χ0n) is 8.09. The van der Waals surface area contributed by atoms with Crippen LogP contribution in [0.2, 0.25) is 0 Å². The topological polar surface area (TPSA) is 57.5 Å². The highest BCUT2D eigenvalue weighted by atomic mass is 32.2. The van der Waals surface area contributed by atoms with Gasteiger partial charge in [-0.3, -0.25) is 0 Å². The highest BCUT2D eigenvalue weighted by Crippen LogP contribution is 2.37. The molecule has 2 rings (SSSR count). The van der Waals surface area contributed by atoms with E-state index >= 15 is 0 Å². The maximum absolute atomic E-state index is 10.7. The zero-order chi connectivity index (χ0) is 10.8. The van der Waals surface area contributed by atoms with Crippen molar-refractivity contribution < 1.29 is 15.0 Å². The van der Waals surface area contributed by atoms with Crippen molar-refractivity contribution in [3.63, 3.8) is 0 Å². The molecular weight excluding hydrogens is 212 g/mol. The summed E-state index contributed by atoms with van der Waals surface area (Å²) in [5.41, 5.74) is 1.52. The lowest BCUT2D eigenvalue weighted by molar-refractivity contribution is -0.147. The van der Waals surface area contributed by atoms with Gasteiger partial charge in [0, 0.05) is 17.4 Å². The second-order valence-corrected chi connectivity index (χ2v) is 4.68. The Labute approximate surface area is 92.1 Å². The second-order valence-electron chi connectivity index (χ2n) is 3.60. The van der Waals surface area contributed by atoms with Crippen molar-refractivity contribution in [2.45, 2.75) is 12.0 Å². The Morgan fingerprint density at radius 1 is 1.40 bits per heavy atom. The number of thioether (sulfide) groups is 1. The summed E-state index contributed by atoms with van der Waals surface area (Å²) < 4.78 is 0. The van der Waals surface area contributed by atoms with Gasteiger partial charge in [0.25, 0.3) is 0 Å². The van der Waals surface area contributed by atoms with Crippen LogP contribution < -0.4 is 0 Å². The van der Waals surface area contributed by atoms with E-state index in [0.29, 0.717) is 11.5 Å². The maximum Gasteiger partial charge on any atom is 0.337 e. The molecule has 1 atom stereocenters. The molecule has 0 radical (unpaired) electrons. The molecule has 1 saturated heterocycles. The average molecular weight is 224 g/mol. The molecule has 80 valence electrons. The summed E-state index contributed by atoms with van der Waals surface area (Å²) in [6.07, 6.45) is -1.40. The lowest BCUT2D eigenvalue weighted by atomic mass is 9.93. The number of aliphatic carboxylic acids is 1. The zero-order valence-corrected chi connectivity index (χ0v) is 8.91. The molecule has 1 aliphatic heterocycles. The van der Waals surface area contributed by atoms with E-state index in [9.17, 15) is 9.90 Å². The Bertz CT molecular complexity index is 374. The van der Waals surface area contributed by atoms with Crippen molar-refractivity contribution in [3.05, 3.63) is 35.4 Å². The van der Waals surface area contributed by atoms with Gasteiger partial charge in [0.2, 0.25) is 0 Å². The Balaban J connectivity index is 2.32. The Hall–Kier alpha value is -1.00. The summed E-state index contributed by atoms with van der Waals surface area (Å²) in [7, 11) is 0. The molecule has 0 saturated carbocycles. The summed E-state index contributed by atoms with van der Waals surface area (Å²) in [6.45, 7) is 0. The van der Waals surface area contributed by atoms with Crippen molar-refractivity contribution in [2.75, 3.05) is 11.5 Å². The molecule has 4 heteroatoms. The molecule has 0 aliphatic carbocycles. The summed E-state index contributed by atoms with van der Waals surface area (Å²) in [6, 6.07) is 7.25.